The molecule has 0 spiro atoms. The second-order valence-corrected chi connectivity index (χ2v) is 3.42. The van der Waals surface area contributed by atoms with E-state index in [9.17, 15) is 0 Å². The first-order valence-electron chi connectivity index (χ1n) is 5.44. The van der Waals surface area contributed by atoms with Crippen LogP contribution in [0.3, 0.4) is 0 Å². The van der Waals surface area contributed by atoms with Crippen LogP contribution in [0.25, 0.3) is 0 Å². The Hall–Kier alpha value is -0.940. The number of aromatic nitrogens is 3. The van der Waals surface area contributed by atoms with Gasteiger partial charge in [-0.05, 0) is 19.4 Å². The average molecular weight is 212 g/mol. The van der Waals surface area contributed by atoms with Crippen LogP contribution < -0.4 is 5.32 Å². The van der Waals surface area contributed by atoms with Crippen LogP contribution in [0.1, 0.15) is 25.6 Å². The molecule has 0 aliphatic rings. The number of ether oxygens (including phenoxy) is 1. The van der Waals surface area contributed by atoms with Crippen LogP contribution in [0.15, 0.2) is 6.33 Å². The van der Waals surface area contributed by atoms with E-state index in [-0.39, 0.29) is 0 Å². The van der Waals surface area contributed by atoms with E-state index >= 15 is 0 Å². The normalized spacial score (nSPS) is 10.8. The minimum atomic E-state index is 0.766. The van der Waals surface area contributed by atoms with Crippen LogP contribution in [0, 0.1) is 0 Å². The molecule has 0 amide bonds. The maximum atomic E-state index is 5.00. The second-order valence-electron chi connectivity index (χ2n) is 3.42. The summed E-state index contributed by atoms with van der Waals surface area (Å²) < 4.78 is 6.93. The summed E-state index contributed by atoms with van der Waals surface area (Å²) in [6.45, 7) is 5.60. The number of nitrogens with one attached hydrogen (secondary N) is 1. The lowest BCUT2D eigenvalue weighted by Gasteiger charge is -2.06. The quantitative estimate of drug-likeness (QED) is 0.648. The Balaban J connectivity index is 2.32. The van der Waals surface area contributed by atoms with Crippen molar-refractivity contribution in [3.05, 3.63) is 12.2 Å². The van der Waals surface area contributed by atoms with Gasteiger partial charge in [0.05, 0.1) is 6.54 Å². The van der Waals surface area contributed by atoms with E-state index in [1.807, 2.05) is 4.68 Å². The number of rotatable bonds is 8. The molecule has 0 saturated carbocycles. The molecule has 86 valence electrons. The van der Waals surface area contributed by atoms with Crippen LogP contribution >= 0.6 is 0 Å². The van der Waals surface area contributed by atoms with Crippen molar-refractivity contribution < 1.29 is 4.74 Å². The van der Waals surface area contributed by atoms with Crippen LogP contribution in [0.2, 0.25) is 0 Å². The zero-order valence-corrected chi connectivity index (χ0v) is 9.57. The molecule has 1 rings (SSSR count). The molecule has 0 aliphatic carbocycles. The molecule has 5 nitrogen and oxygen atoms in total. The van der Waals surface area contributed by atoms with E-state index in [0.29, 0.717) is 0 Å². The van der Waals surface area contributed by atoms with Crippen molar-refractivity contribution in [3.63, 3.8) is 0 Å². The number of methoxy groups -OCH3 is 1. The first-order valence-corrected chi connectivity index (χ1v) is 5.44. The molecule has 1 heterocycles. The molecule has 0 bridgehead atoms. The Morgan fingerprint density at radius 2 is 2.40 bits per heavy atom. The topological polar surface area (TPSA) is 52.0 Å². The Bertz CT molecular complexity index is 237. The highest BCUT2D eigenvalue weighted by Gasteiger charge is 2.02. The van der Waals surface area contributed by atoms with Gasteiger partial charge >= 0.3 is 0 Å². The SMILES string of the molecule is CCCNCc1ncnn1CCCOC. The van der Waals surface area contributed by atoms with Gasteiger partial charge in [-0.2, -0.15) is 5.10 Å². The third-order valence-electron chi connectivity index (χ3n) is 2.12. The highest BCUT2D eigenvalue weighted by molar-refractivity contribution is 4.83. The fourth-order valence-electron chi connectivity index (χ4n) is 1.35. The van der Waals surface area contributed by atoms with Crippen LogP contribution in [-0.2, 0) is 17.8 Å². The van der Waals surface area contributed by atoms with Gasteiger partial charge in [-0.25, -0.2) is 9.67 Å². The third-order valence-corrected chi connectivity index (χ3v) is 2.12. The van der Waals surface area contributed by atoms with Gasteiger partial charge in [-0.1, -0.05) is 6.92 Å². The van der Waals surface area contributed by atoms with Crippen molar-refractivity contribution in [2.75, 3.05) is 20.3 Å². The number of hydrogen-bond acceptors (Lipinski definition) is 4. The van der Waals surface area contributed by atoms with Gasteiger partial charge < -0.3 is 10.1 Å². The Kier molecular flexibility index (Phi) is 5.96. The summed E-state index contributed by atoms with van der Waals surface area (Å²) in [5.74, 6) is 1.000. The van der Waals surface area contributed by atoms with Gasteiger partial charge in [-0.15, -0.1) is 0 Å². The van der Waals surface area contributed by atoms with E-state index in [1.54, 1.807) is 13.4 Å². The van der Waals surface area contributed by atoms with Gasteiger partial charge in [0, 0.05) is 20.3 Å². The second kappa shape index (κ2) is 7.36. The lowest BCUT2D eigenvalue weighted by atomic mass is 10.4. The first kappa shape index (κ1) is 12.1. The van der Waals surface area contributed by atoms with Crippen molar-refractivity contribution in [1.82, 2.24) is 20.1 Å². The van der Waals surface area contributed by atoms with Gasteiger partial charge in [0.1, 0.15) is 12.2 Å². The molecule has 0 aliphatic heterocycles. The van der Waals surface area contributed by atoms with Gasteiger partial charge in [-0.3, -0.25) is 0 Å². The summed E-state index contributed by atoms with van der Waals surface area (Å²) in [5.41, 5.74) is 0. The van der Waals surface area contributed by atoms with E-state index < -0.39 is 0 Å². The minimum Gasteiger partial charge on any atom is -0.385 e. The minimum absolute atomic E-state index is 0.766. The van der Waals surface area contributed by atoms with Gasteiger partial charge in [0.2, 0.25) is 0 Å². The fourth-order valence-corrected chi connectivity index (χ4v) is 1.35. The molecule has 1 aromatic rings. The molecule has 15 heavy (non-hydrogen) atoms. The molecule has 1 N–H and O–H groups in total. The highest BCUT2D eigenvalue weighted by Crippen LogP contribution is 1.96. The number of aryl methyl sites for hydroxylation is 1. The van der Waals surface area contributed by atoms with Crippen molar-refractivity contribution >= 4 is 0 Å². The Labute approximate surface area is 90.8 Å². The Morgan fingerprint density at radius 1 is 1.53 bits per heavy atom. The maximum absolute atomic E-state index is 5.00. The molecule has 0 unspecified atom stereocenters. The van der Waals surface area contributed by atoms with E-state index in [1.165, 1.54) is 0 Å². The summed E-state index contributed by atoms with van der Waals surface area (Å²) in [5, 5.41) is 7.49. The van der Waals surface area contributed by atoms with Gasteiger partial charge in [0.25, 0.3) is 0 Å². The van der Waals surface area contributed by atoms with Crippen molar-refractivity contribution in [2.45, 2.75) is 32.9 Å². The summed E-state index contributed by atoms with van der Waals surface area (Å²) in [4.78, 5) is 4.22. The maximum Gasteiger partial charge on any atom is 0.140 e. The summed E-state index contributed by atoms with van der Waals surface area (Å²) in [7, 11) is 1.71. The molecule has 0 fully saturated rings. The molecule has 0 atom stereocenters. The smallest absolute Gasteiger partial charge is 0.140 e. The summed E-state index contributed by atoms with van der Waals surface area (Å²) in [6.07, 6.45) is 3.72. The zero-order chi connectivity index (χ0) is 10.9. The molecule has 1 aromatic heterocycles. The lowest BCUT2D eigenvalue weighted by Crippen LogP contribution is -2.18. The zero-order valence-electron chi connectivity index (χ0n) is 9.57. The molecular weight excluding hydrogens is 192 g/mol. The van der Waals surface area contributed by atoms with E-state index in [0.717, 1.165) is 44.9 Å². The summed E-state index contributed by atoms with van der Waals surface area (Å²) in [6, 6.07) is 0. The molecule has 5 heteroatoms. The summed E-state index contributed by atoms with van der Waals surface area (Å²) >= 11 is 0. The van der Waals surface area contributed by atoms with Crippen LogP contribution in [0.5, 0.6) is 0 Å². The molecule has 0 radical (unpaired) electrons. The fraction of sp³-hybridized carbons (Fsp3) is 0.800. The lowest BCUT2D eigenvalue weighted by molar-refractivity contribution is 0.188. The standard InChI is InChI=1S/C10H20N4O/c1-3-5-11-8-10-12-9-13-14(10)6-4-7-15-2/h9,11H,3-8H2,1-2H3. The largest absolute Gasteiger partial charge is 0.385 e. The highest BCUT2D eigenvalue weighted by atomic mass is 16.5. The van der Waals surface area contributed by atoms with E-state index in [4.69, 9.17) is 4.74 Å². The van der Waals surface area contributed by atoms with Crippen LogP contribution in [-0.4, -0.2) is 35.0 Å². The van der Waals surface area contributed by atoms with Crippen molar-refractivity contribution in [2.24, 2.45) is 0 Å². The van der Waals surface area contributed by atoms with E-state index in [2.05, 4.69) is 22.3 Å². The predicted molar refractivity (Wildman–Crippen MR) is 58.5 cm³/mol. The molecule has 0 saturated heterocycles. The molecular formula is C10H20N4O. The predicted octanol–water partition coefficient (Wildman–Crippen LogP) is 0.814. The molecule has 0 aromatic carbocycles. The van der Waals surface area contributed by atoms with Gasteiger partial charge in [0.15, 0.2) is 0 Å². The third kappa shape index (κ3) is 4.40. The van der Waals surface area contributed by atoms with Crippen molar-refractivity contribution in [1.29, 1.82) is 0 Å². The average Bonchev–Trinajstić information content (AvgIpc) is 2.67. The number of hydrogen-bond donors (Lipinski definition) is 1. The number of nitrogens with zero attached hydrogens (tertiary/aromatic N) is 3. The monoisotopic (exact) mass is 212 g/mol. The first-order chi connectivity index (χ1) is 7.38. The van der Waals surface area contributed by atoms with Crippen molar-refractivity contribution in [3.8, 4) is 0 Å². The Morgan fingerprint density at radius 3 is 3.13 bits per heavy atom. The van der Waals surface area contributed by atoms with Crippen LogP contribution in [0.4, 0.5) is 0 Å².